The molecule has 3 rings (SSSR count). The van der Waals surface area contributed by atoms with Crippen molar-refractivity contribution in [2.45, 2.75) is 12.4 Å². The van der Waals surface area contributed by atoms with Gasteiger partial charge >= 0.3 is 12.4 Å². The second-order valence-electron chi connectivity index (χ2n) is 5.67. The average Bonchev–Trinajstić information content (AvgIpc) is 2.63. The number of ether oxygens (including phenoxy) is 1. The molecular weight excluding hydrogens is 447 g/mol. The minimum atomic E-state index is -5.26. The van der Waals surface area contributed by atoms with Gasteiger partial charge in [0.25, 0.3) is 5.56 Å². The Hall–Kier alpha value is -3.15. The standard InChI is InChI=1S/C17H7ClF7N3O2/c18-9-4-3-7(6-8(9)16(20,21)22)30-12-13(17(23,24)25)27-14(28-15(12)29)11-10(19)2-1-5-26-11/h1-6H,(H,27,28,29). The zero-order valence-electron chi connectivity index (χ0n) is 14.2. The number of pyridine rings is 1. The third-order valence-corrected chi connectivity index (χ3v) is 3.92. The molecule has 5 nitrogen and oxygen atoms in total. The largest absolute Gasteiger partial charge is 0.449 e. The summed E-state index contributed by atoms with van der Waals surface area (Å²) in [6.45, 7) is 0. The highest BCUT2D eigenvalue weighted by atomic mass is 35.5. The van der Waals surface area contributed by atoms with Crippen molar-refractivity contribution in [3.63, 3.8) is 0 Å². The fourth-order valence-electron chi connectivity index (χ4n) is 2.32. The first-order chi connectivity index (χ1) is 13.9. The smallest absolute Gasteiger partial charge is 0.437 e. The van der Waals surface area contributed by atoms with Crippen LogP contribution in [0.25, 0.3) is 11.5 Å². The molecule has 1 aromatic carbocycles. The van der Waals surface area contributed by atoms with Gasteiger partial charge in [0.2, 0.25) is 5.75 Å². The molecule has 0 aliphatic heterocycles. The van der Waals surface area contributed by atoms with E-state index in [0.29, 0.717) is 6.07 Å². The Bertz CT molecular complexity index is 1160. The monoisotopic (exact) mass is 453 g/mol. The average molecular weight is 454 g/mol. The summed E-state index contributed by atoms with van der Waals surface area (Å²) in [5.74, 6) is -4.08. The molecule has 0 amide bonds. The van der Waals surface area contributed by atoms with Crippen LogP contribution in [0.3, 0.4) is 0 Å². The molecule has 2 aromatic heterocycles. The molecule has 0 saturated heterocycles. The van der Waals surface area contributed by atoms with Crippen molar-refractivity contribution in [1.82, 2.24) is 15.0 Å². The number of alkyl halides is 6. The number of aromatic amines is 1. The Kier molecular flexibility index (Phi) is 5.46. The Balaban J connectivity index is 2.15. The van der Waals surface area contributed by atoms with E-state index in [0.717, 1.165) is 30.5 Å². The van der Waals surface area contributed by atoms with Gasteiger partial charge in [-0.1, -0.05) is 11.6 Å². The maximum atomic E-state index is 13.8. The number of H-pyrrole nitrogens is 1. The lowest BCUT2D eigenvalue weighted by Gasteiger charge is -2.15. The topological polar surface area (TPSA) is 67.9 Å². The summed E-state index contributed by atoms with van der Waals surface area (Å²) in [4.78, 5) is 20.8. The molecule has 0 saturated carbocycles. The fourth-order valence-corrected chi connectivity index (χ4v) is 2.55. The third kappa shape index (κ3) is 4.37. The van der Waals surface area contributed by atoms with Gasteiger partial charge in [0.1, 0.15) is 11.4 Å². The van der Waals surface area contributed by atoms with Gasteiger partial charge < -0.3 is 9.72 Å². The minimum Gasteiger partial charge on any atom is -0.449 e. The summed E-state index contributed by atoms with van der Waals surface area (Å²) in [5.41, 5.74) is -5.44. The van der Waals surface area contributed by atoms with Crippen LogP contribution < -0.4 is 10.3 Å². The molecule has 0 bridgehead atoms. The van der Waals surface area contributed by atoms with E-state index in [1.54, 1.807) is 0 Å². The van der Waals surface area contributed by atoms with E-state index in [4.69, 9.17) is 16.3 Å². The highest BCUT2D eigenvalue weighted by Crippen LogP contribution is 2.39. The van der Waals surface area contributed by atoms with E-state index in [1.807, 2.05) is 4.98 Å². The quantitative estimate of drug-likeness (QED) is 0.535. The maximum absolute atomic E-state index is 13.8. The van der Waals surface area contributed by atoms with Gasteiger partial charge in [-0.2, -0.15) is 26.3 Å². The van der Waals surface area contributed by atoms with E-state index in [2.05, 4.69) is 9.97 Å². The molecule has 0 unspecified atom stereocenters. The molecule has 0 atom stereocenters. The van der Waals surface area contributed by atoms with E-state index in [1.165, 1.54) is 0 Å². The second-order valence-corrected chi connectivity index (χ2v) is 6.07. The lowest BCUT2D eigenvalue weighted by Crippen LogP contribution is -2.21. The number of rotatable bonds is 3. The number of hydrogen-bond donors (Lipinski definition) is 1. The van der Waals surface area contributed by atoms with E-state index in [-0.39, 0.29) is 0 Å². The highest BCUT2D eigenvalue weighted by Gasteiger charge is 2.40. The zero-order chi connectivity index (χ0) is 22.3. The summed E-state index contributed by atoms with van der Waals surface area (Å²) in [7, 11) is 0. The molecule has 1 N–H and O–H groups in total. The molecule has 0 fully saturated rings. The van der Waals surface area contributed by atoms with Crippen LogP contribution in [0.2, 0.25) is 5.02 Å². The van der Waals surface area contributed by atoms with Crippen LogP contribution >= 0.6 is 11.6 Å². The summed E-state index contributed by atoms with van der Waals surface area (Å²) < 4.78 is 97.8. The Morgan fingerprint density at radius 3 is 2.33 bits per heavy atom. The van der Waals surface area contributed by atoms with Crippen LogP contribution in [0.5, 0.6) is 11.5 Å². The number of nitrogens with one attached hydrogen (secondary N) is 1. The maximum Gasteiger partial charge on any atom is 0.437 e. The molecule has 0 aliphatic rings. The van der Waals surface area contributed by atoms with E-state index < -0.39 is 63.0 Å². The SMILES string of the molecule is O=c1[nH]c(-c2ncccc2F)nc(C(F)(F)F)c1Oc1ccc(Cl)c(C(F)(F)F)c1. The first kappa shape index (κ1) is 21.6. The predicted octanol–water partition coefficient (Wildman–Crippen LogP) is 5.45. The van der Waals surface area contributed by atoms with Gasteiger partial charge in [0, 0.05) is 6.20 Å². The van der Waals surface area contributed by atoms with Crippen molar-refractivity contribution in [2.75, 3.05) is 0 Å². The fraction of sp³-hybridized carbons (Fsp3) is 0.118. The van der Waals surface area contributed by atoms with Crippen molar-refractivity contribution in [3.8, 4) is 23.0 Å². The lowest BCUT2D eigenvalue weighted by molar-refractivity contribution is -0.142. The molecule has 2 heterocycles. The van der Waals surface area contributed by atoms with Gasteiger partial charge in [0.05, 0.1) is 10.6 Å². The molecule has 0 radical (unpaired) electrons. The van der Waals surface area contributed by atoms with Crippen LogP contribution in [0.4, 0.5) is 30.7 Å². The Labute approximate surface area is 167 Å². The first-order valence-corrected chi connectivity index (χ1v) is 8.12. The van der Waals surface area contributed by atoms with Crippen molar-refractivity contribution in [1.29, 1.82) is 0 Å². The summed E-state index contributed by atoms with van der Waals surface area (Å²) in [5, 5.41) is -0.723. The second kappa shape index (κ2) is 7.59. The zero-order valence-corrected chi connectivity index (χ0v) is 15.0. The third-order valence-electron chi connectivity index (χ3n) is 3.59. The Morgan fingerprint density at radius 1 is 1.03 bits per heavy atom. The molecule has 158 valence electrons. The van der Waals surface area contributed by atoms with E-state index >= 15 is 0 Å². The number of halogens is 8. The molecule has 3 aromatic rings. The molecular formula is C17H7ClF7N3O2. The number of benzene rings is 1. The van der Waals surface area contributed by atoms with Crippen LogP contribution in [-0.4, -0.2) is 15.0 Å². The van der Waals surface area contributed by atoms with Gasteiger partial charge in [-0.05, 0) is 30.3 Å². The molecule has 0 spiro atoms. The lowest BCUT2D eigenvalue weighted by atomic mass is 10.2. The van der Waals surface area contributed by atoms with Gasteiger partial charge in [-0.25, -0.2) is 14.4 Å². The van der Waals surface area contributed by atoms with Crippen LogP contribution in [-0.2, 0) is 12.4 Å². The van der Waals surface area contributed by atoms with E-state index in [9.17, 15) is 35.5 Å². The highest BCUT2D eigenvalue weighted by molar-refractivity contribution is 6.31. The predicted molar refractivity (Wildman–Crippen MR) is 89.6 cm³/mol. The normalized spacial score (nSPS) is 12.1. The first-order valence-electron chi connectivity index (χ1n) is 7.75. The summed E-state index contributed by atoms with van der Waals surface area (Å²) >= 11 is 5.44. The van der Waals surface area contributed by atoms with Crippen molar-refractivity contribution in [3.05, 3.63) is 69.0 Å². The van der Waals surface area contributed by atoms with Crippen LogP contribution in [0.1, 0.15) is 11.3 Å². The number of hydrogen-bond acceptors (Lipinski definition) is 4. The number of nitrogens with zero attached hydrogens (tertiary/aromatic N) is 2. The van der Waals surface area contributed by atoms with Crippen molar-refractivity contribution >= 4 is 11.6 Å². The van der Waals surface area contributed by atoms with Crippen molar-refractivity contribution < 1.29 is 35.5 Å². The van der Waals surface area contributed by atoms with Gasteiger partial charge in [-0.15, -0.1) is 0 Å². The summed E-state index contributed by atoms with van der Waals surface area (Å²) in [6, 6.07) is 3.95. The molecule has 13 heteroatoms. The molecule has 0 aliphatic carbocycles. The van der Waals surface area contributed by atoms with Crippen LogP contribution in [0.15, 0.2) is 41.3 Å². The van der Waals surface area contributed by atoms with Crippen LogP contribution in [0, 0.1) is 5.82 Å². The number of aromatic nitrogens is 3. The van der Waals surface area contributed by atoms with Gasteiger partial charge in [0.15, 0.2) is 17.3 Å². The Morgan fingerprint density at radius 2 is 1.73 bits per heavy atom. The van der Waals surface area contributed by atoms with Gasteiger partial charge in [-0.3, -0.25) is 4.79 Å². The van der Waals surface area contributed by atoms with Crippen molar-refractivity contribution in [2.24, 2.45) is 0 Å². The summed E-state index contributed by atoms with van der Waals surface area (Å²) in [6.07, 6.45) is -9.13. The minimum absolute atomic E-state index is 0.328. The molecule has 30 heavy (non-hydrogen) atoms.